The van der Waals surface area contributed by atoms with Gasteiger partial charge >= 0.3 is 29.6 Å². The summed E-state index contributed by atoms with van der Waals surface area (Å²) in [5.74, 6) is -1.06. The van der Waals surface area contributed by atoms with E-state index in [-0.39, 0.29) is 65.8 Å². The van der Waals surface area contributed by atoms with E-state index < -0.39 is 11.6 Å². The van der Waals surface area contributed by atoms with Gasteiger partial charge in [-0.3, -0.25) is 14.6 Å². The molecule has 39 heavy (non-hydrogen) atoms. The topological polar surface area (TPSA) is 102 Å². The van der Waals surface area contributed by atoms with Crippen LogP contribution in [0.4, 0.5) is 0 Å². The van der Waals surface area contributed by atoms with Gasteiger partial charge in [0.25, 0.3) is 11.8 Å². The van der Waals surface area contributed by atoms with E-state index in [1.165, 1.54) is 0 Å². The van der Waals surface area contributed by atoms with Crippen LogP contribution in [0.15, 0.2) is 58.0 Å². The van der Waals surface area contributed by atoms with Crippen molar-refractivity contribution in [3.63, 3.8) is 0 Å². The third-order valence-corrected chi connectivity index (χ3v) is 8.45. The van der Waals surface area contributed by atoms with Gasteiger partial charge in [-0.2, -0.15) is 0 Å². The molecule has 2 amide bonds. The normalized spacial score (nSPS) is 21.8. The van der Waals surface area contributed by atoms with E-state index in [1.54, 1.807) is 12.1 Å². The summed E-state index contributed by atoms with van der Waals surface area (Å²) in [6, 6.07) is 14.6. The van der Waals surface area contributed by atoms with E-state index in [4.69, 9.17) is 4.99 Å². The number of nitrogens with one attached hydrogen (secondary N) is 1. The monoisotopic (exact) mass is 603 g/mol. The largest absolute Gasteiger partial charge is 1.00 e. The van der Waals surface area contributed by atoms with Crippen molar-refractivity contribution in [3.05, 3.63) is 69.7 Å². The number of rotatable bonds is 7. The minimum absolute atomic E-state index is 0. The van der Waals surface area contributed by atoms with Crippen molar-refractivity contribution in [1.82, 2.24) is 10.2 Å². The fourth-order valence-corrected chi connectivity index (χ4v) is 6.11. The SMILES string of the molecule is C[C@H](c1ccc(C(=O)NCCC(=O)[O-])cc1)N1C(=O)C(c2cccc(Br)c2)=NC12CCC(C(C)(C)C)CC2.[Na+]. The summed E-state index contributed by atoms with van der Waals surface area (Å²) in [5, 5.41) is 13.2. The minimum atomic E-state index is -1.21. The summed E-state index contributed by atoms with van der Waals surface area (Å²) in [7, 11) is 0. The van der Waals surface area contributed by atoms with E-state index in [0.29, 0.717) is 17.2 Å². The molecule has 1 heterocycles. The Morgan fingerprint density at radius 2 is 1.79 bits per heavy atom. The Kier molecular flexibility index (Phi) is 10.2. The summed E-state index contributed by atoms with van der Waals surface area (Å²) >= 11 is 3.52. The third-order valence-electron chi connectivity index (χ3n) is 7.96. The fraction of sp³-hybridized carbons (Fsp3) is 0.467. The molecule has 0 unspecified atom stereocenters. The number of carboxylic acid groups (broad SMARTS) is 1. The summed E-state index contributed by atoms with van der Waals surface area (Å²) in [5.41, 5.74) is 2.24. The molecule has 2 aromatic rings. The van der Waals surface area contributed by atoms with Gasteiger partial charge in [0, 0.05) is 34.5 Å². The van der Waals surface area contributed by atoms with Crippen molar-refractivity contribution in [2.24, 2.45) is 16.3 Å². The van der Waals surface area contributed by atoms with Crippen molar-refractivity contribution in [3.8, 4) is 0 Å². The smallest absolute Gasteiger partial charge is 0.550 e. The zero-order valence-electron chi connectivity index (χ0n) is 23.4. The molecule has 2 aromatic carbocycles. The molecule has 1 N–H and O–H groups in total. The van der Waals surface area contributed by atoms with Crippen molar-refractivity contribution >= 4 is 39.4 Å². The molecule has 0 aromatic heterocycles. The number of halogens is 1. The van der Waals surface area contributed by atoms with Crippen LogP contribution in [0.2, 0.25) is 0 Å². The van der Waals surface area contributed by atoms with Gasteiger partial charge in [-0.15, -0.1) is 0 Å². The Morgan fingerprint density at radius 1 is 1.15 bits per heavy atom. The zero-order chi connectivity index (χ0) is 27.7. The molecule has 1 saturated carbocycles. The Morgan fingerprint density at radius 3 is 2.36 bits per heavy atom. The second-order valence-electron chi connectivity index (χ2n) is 11.4. The molecule has 7 nitrogen and oxygen atoms in total. The quantitative estimate of drug-likeness (QED) is 0.486. The number of amides is 2. The summed E-state index contributed by atoms with van der Waals surface area (Å²) in [6.07, 6.45) is 3.37. The van der Waals surface area contributed by atoms with Crippen LogP contribution in [0.3, 0.4) is 0 Å². The number of carboxylic acids is 1. The van der Waals surface area contributed by atoms with Crippen LogP contribution < -0.4 is 40.0 Å². The Hall–Kier alpha value is -2.00. The van der Waals surface area contributed by atoms with Gasteiger partial charge in [0.15, 0.2) is 0 Å². The molecule has 4 rings (SSSR count). The maximum Gasteiger partial charge on any atom is 1.00 e. The molecule has 2 aliphatic rings. The van der Waals surface area contributed by atoms with Crippen LogP contribution in [-0.4, -0.2) is 40.6 Å². The van der Waals surface area contributed by atoms with Crippen LogP contribution in [-0.2, 0) is 9.59 Å². The van der Waals surface area contributed by atoms with Crippen LogP contribution in [0.25, 0.3) is 0 Å². The molecule has 0 radical (unpaired) electrons. The van der Waals surface area contributed by atoms with Crippen molar-refractivity contribution in [2.75, 3.05) is 6.54 Å². The second kappa shape index (κ2) is 12.7. The van der Waals surface area contributed by atoms with Crippen molar-refractivity contribution in [2.45, 2.75) is 71.5 Å². The van der Waals surface area contributed by atoms with Gasteiger partial charge in [-0.1, -0.05) is 61.0 Å². The first kappa shape index (κ1) is 31.5. The summed E-state index contributed by atoms with van der Waals surface area (Å²) in [6.45, 7) is 8.87. The van der Waals surface area contributed by atoms with E-state index in [9.17, 15) is 19.5 Å². The molecule has 1 aliphatic carbocycles. The van der Waals surface area contributed by atoms with Gasteiger partial charge in [0.1, 0.15) is 11.4 Å². The molecule has 1 fully saturated rings. The summed E-state index contributed by atoms with van der Waals surface area (Å²) < 4.78 is 0.899. The number of aliphatic carboxylic acids is 1. The molecule has 1 spiro atoms. The molecular formula is C30H35BrN3NaO4. The summed E-state index contributed by atoms with van der Waals surface area (Å²) in [4.78, 5) is 44.1. The molecule has 0 saturated heterocycles. The molecule has 0 bridgehead atoms. The predicted molar refractivity (Wildman–Crippen MR) is 148 cm³/mol. The van der Waals surface area contributed by atoms with Crippen LogP contribution in [0.5, 0.6) is 0 Å². The first-order valence-corrected chi connectivity index (χ1v) is 14.0. The van der Waals surface area contributed by atoms with Gasteiger partial charge < -0.3 is 20.1 Å². The maximum atomic E-state index is 14.0. The van der Waals surface area contributed by atoms with Gasteiger partial charge in [-0.25, -0.2) is 0 Å². The van der Waals surface area contributed by atoms with E-state index in [1.807, 2.05) is 48.2 Å². The first-order chi connectivity index (χ1) is 17.9. The molecule has 9 heteroatoms. The molecular weight excluding hydrogens is 569 g/mol. The number of aliphatic imine (C=N–C) groups is 1. The van der Waals surface area contributed by atoms with Crippen LogP contribution >= 0.6 is 15.9 Å². The Labute approximate surface area is 261 Å². The van der Waals surface area contributed by atoms with Crippen LogP contribution in [0, 0.1) is 11.3 Å². The van der Waals surface area contributed by atoms with Crippen LogP contribution in [0.1, 0.15) is 87.3 Å². The number of hydrogen-bond acceptors (Lipinski definition) is 5. The number of carbonyl (C=O) groups excluding carboxylic acids is 3. The number of hydrogen-bond donors (Lipinski definition) is 1. The number of benzene rings is 2. The number of carbonyl (C=O) groups is 3. The minimum Gasteiger partial charge on any atom is -0.550 e. The number of nitrogens with zero attached hydrogens (tertiary/aromatic N) is 2. The van der Waals surface area contributed by atoms with E-state index >= 15 is 0 Å². The third kappa shape index (κ3) is 7.02. The van der Waals surface area contributed by atoms with Crippen molar-refractivity contribution < 1.29 is 49.0 Å². The zero-order valence-corrected chi connectivity index (χ0v) is 27.0. The fourth-order valence-electron chi connectivity index (χ4n) is 5.71. The van der Waals surface area contributed by atoms with Gasteiger partial charge in [0.05, 0.1) is 6.04 Å². The standard InChI is InChI=1S/C30H36BrN3O4.Na/c1-19(20-8-10-21(11-9-20)27(37)32-17-14-25(35)36)34-28(38)26(22-6-5-7-24(31)18-22)33-30(34)15-12-23(13-16-30)29(2,3)4;/h5-11,18-19,23H,12-17H2,1-4H3,(H,32,37)(H,35,36);/q;+1/p-1/t19-,23?,30?;/m1./s1. The van der Waals surface area contributed by atoms with Gasteiger partial charge in [0.2, 0.25) is 0 Å². The van der Waals surface area contributed by atoms with Gasteiger partial charge in [-0.05, 0) is 73.8 Å². The Bertz CT molecular complexity index is 1250. The maximum absolute atomic E-state index is 14.0. The first-order valence-electron chi connectivity index (χ1n) is 13.2. The second-order valence-corrected chi connectivity index (χ2v) is 12.4. The van der Waals surface area contributed by atoms with E-state index in [0.717, 1.165) is 41.3 Å². The molecule has 202 valence electrons. The van der Waals surface area contributed by atoms with E-state index in [2.05, 4.69) is 42.0 Å². The Balaban J connectivity index is 0.00000420. The van der Waals surface area contributed by atoms with Crippen molar-refractivity contribution in [1.29, 1.82) is 0 Å². The molecule has 1 aliphatic heterocycles. The molecule has 1 atom stereocenters. The average molecular weight is 605 g/mol. The predicted octanol–water partition coefficient (Wildman–Crippen LogP) is 1.65. The average Bonchev–Trinajstić information content (AvgIpc) is 3.14.